The molecule has 0 N–H and O–H groups in total. The molecule has 6 fully saturated rings. The normalized spacial score (nSPS) is 51.7. The zero-order chi connectivity index (χ0) is 26.7. The van der Waals surface area contributed by atoms with Gasteiger partial charge in [0.05, 0.1) is 12.7 Å². The van der Waals surface area contributed by atoms with E-state index in [0.29, 0.717) is 41.1 Å². The highest BCUT2D eigenvalue weighted by Crippen LogP contribution is 2.71. The molecule has 2 saturated heterocycles. The Morgan fingerprint density at radius 1 is 0.895 bits per heavy atom. The number of fused-ring (bicyclic) bond motifs is 7. The molecule has 0 unspecified atom stereocenters. The number of hydrogen-bond acceptors (Lipinski definition) is 4. The van der Waals surface area contributed by atoms with E-state index in [0.717, 1.165) is 62.4 Å². The molecule has 216 valence electrons. The Hall–Kier alpha value is -0.610. The Morgan fingerprint density at radius 2 is 1.71 bits per heavy atom. The van der Waals surface area contributed by atoms with E-state index in [1.54, 1.807) is 0 Å². The summed E-state index contributed by atoms with van der Waals surface area (Å²) in [7, 11) is 0. The molecule has 0 aromatic rings. The monoisotopic (exact) mass is 528 g/mol. The van der Waals surface area contributed by atoms with E-state index in [-0.39, 0.29) is 17.9 Å². The number of ether oxygens (including phenoxy) is 3. The molecule has 0 radical (unpaired) electrons. The number of unbranched alkanes of at least 4 members (excludes halogenated alkanes) is 3. The number of carbonyl (C=O) groups excluding carboxylic acids is 1. The third-order valence-corrected chi connectivity index (χ3v) is 13.4. The van der Waals surface area contributed by atoms with Crippen molar-refractivity contribution < 1.29 is 19.0 Å². The maximum absolute atomic E-state index is 12.5. The van der Waals surface area contributed by atoms with E-state index in [1.807, 2.05) is 0 Å². The summed E-state index contributed by atoms with van der Waals surface area (Å²) >= 11 is 0. The van der Waals surface area contributed by atoms with Crippen LogP contribution in [0.4, 0.5) is 0 Å². The summed E-state index contributed by atoms with van der Waals surface area (Å²) in [6, 6.07) is 0. The SMILES string of the molecule is CCCCCCC(=O)O[C@@H]1CC[C@@]2(C)[C@H](CC[C@H]3[C@H]4C[C@@H]5O[C@]6(CC[C@H](C)CO6)[C@@H](C)[C@@H]5[C@@]4(C)CC[C@@H]32)C1. The molecule has 1 spiro atoms. The van der Waals surface area contributed by atoms with Gasteiger partial charge in [0.15, 0.2) is 5.79 Å². The summed E-state index contributed by atoms with van der Waals surface area (Å²) in [5.41, 5.74) is 0.817. The van der Waals surface area contributed by atoms with Gasteiger partial charge in [-0.05, 0) is 111 Å². The van der Waals surface area contributed by atoms with Gasteiger partial charge in [-0.15, -0.1) is 0 Å². The van der Waals surface area contributed by atoms with Gasteiger partial charge >= 0.3 is 5.97 Å². The standard InChI is InChI=1S/C34H56O4/c1-6-7-8-9-10-30(35)37-25-14-16-32(4)24(19-25)11-12-26-27(32)15-17-33(5)28(26)20-29-31(33)23(3)34(38-29)18-13-22(2)21-36-34/h22-29,31H,6-21H2,1-5H3/t22-,23-,24+,25+,26+,27-,28+,29-,31-,32-,33-,34+/m0/s1. The minimum atomic E-state index is -0.303. The molecule has 2 heterocycles. The van der Waals surface area contributed by atoms with Crippen LogP contribution in [0.2, 0.25) is 0 Å². The van der Waals surface area contributed by atoms with Gasteiger partial charge in [-0.1, -0.05) is 53.9 Å². The van der Waals surface area contributed by atoms with Gasteiger partial charge in [0.25, 0.3) is 0 Å². The summed E-state index contributed by atoms with van der Waals surface area (Å²) < 4.78 is 19.5. The van der Waals surface area contributed by atoms with E-state index >= 15 is 0 Å². The van der Waals surface area contributed by atoms with Crippen LogP contribution in [0.15, 0.2) is 0 Å². The first kappa shape index (κ1) is 27.6. The van der Waals surface area contributed by atoms with Crippen LogP contribution in [0.25, 0.3) is 0 Å². The molecule has 6 aliphatic rings. The molecule has 4 nitrogen and oxygen atoms in total. The number of rotatable bonds is 6. The van der Waals surface area contributed by atoms with Crippen molar-refractivity contribution in [3.8, 4) is 0 Å². The molecule has 0 bridgehead atoms. The Kier molecular flexibility index (Phi) is 7.50. The summed E-state index contributed by atoms with van der Waals surface area (Å²) in [6.45, 7) is 13.1. The zero-order valence-electron chi connectivity index (χ0n) is 25.1. The minimum absolute atomic E-state index is 0.0533. The van der Waals surface area contributed by atoms with E-state index in [1.165, 1.54) is 57.8 Å². The van der Waals surface area contributed by atoms with E-state index in [4.69, 9.17) is 14.2 Å². The fourth-order valence-electron chi connectivity index (χ4n) is 11.3. The molecule has 4 saturated carbocycles. The lowest BCUT2D eigenvalue weighted by molar-refractivity contribution is -0.273. The van der Waals surface area contributed by atoms with Crippen LogP contribution in [-0.4, -0.2) is 30.6 Å². The quantitative estimate of drug-likeness (QED) is 0.257. The highest BCUT2D eigenvalue weighted by atomic mass is 16.7. The predicted octanol–water partition coefficient (Wildman–Crippen LogP) is 8.32. The fourth-order valence-corrected chi connectivity index (χ4v) is 11.3. The zero-order valence-corrected chi connectivity index (χ0v) is 25.1. The predicted molar refractivity (Wildman–Crippen MR) is 150 cm³/mol. The van der Waals surface area contributed by atoms with Crippen molar-refractivity contribution in [3.05, 3.63) is 0 Å². The smallest absolute Gasteiger partial charge is 0.306 e. The molecule has 2 aliphatic heterocycles. The van der Waals surface area contributed by atoms with Crippen molar-refractivity contribution in [2.75, 3.05) is 6.61 Å². The highest BCUT2D eigenvalue weighted by molar-refractivity contribution is 5.69. The maximum Gasteiger partial charge on any atom is 0.306 e. The van der Waals surface area contributed by atoms with Crippen LogP contribution >= 0.6 is 0 Å². The third-order valence-electron chi connectivity index (χ3n) is 13.4. The largest absolute Gasteiger partial charge is 0.462 e. The first-order valence-electron chi connectivity index (χ1n) is 16.7. The highest BCUT2D eigenvalue weighted by Gasteiger charge is 2.69. The molecule has 38 heavy (non-hydrogen) atoms. The average molecular weight is 529 g/mol. The van der Waals surface area contributed by atoms with Crippen molar-refractivity contribution in [1.29, 1.82) is 0 Å². The second kappa shape index (κ2) is 10.3. The van der Waals surface area contributed by atoms with Crippen molar-refractivity contribution >= 4 is 5.97 Å². The van der Waals surface area contributed by atoms with Crippen molar-refractivity contribution in [2.45, 2.75) is 149 Å². The molecule has 4 heteroatoms. The molecule has 6 rings (SSSR count). The topological polar surface area (TPSA) is 44.8 Å². The van der Waals surface area contributed by atoms with Crippen LogP contribution in [0.1, 0.15) is 131 Å². The Bertz CT molecular complexity index is 863. The lowest BCUT2D eigenvalue weighted by atomic mass is 9.44. The molecule has 0 aromatic carbocycles. The second-order valence-corrected chi connectivity index (χ2v) is 15.4. The summed E-state index contributed by atoms with van der Waals surface area (Å²) in [5, 5.41) is 0. The summed E-state index contributed by atoms with van der Waals surface area (Å²) in [5.74, 6) is 4.77. The van der Waals surface area contributed by atoms with Gasteiger partial charge in [-0.2, -0.15) is 0 Å². The average Bonchev–Trinajstić information content (AvgIpc) is 3.34. The van der Waals surface area contributed by atoms with Crippen LogP contribution in [-0.2, 0) is 19.0 Å². The van der Waals surface area contributed by atoms with Crippen LogP contribution < -0.4 is 0 Å². The molecular weight excluding hydrogens is 472 g/mol. The van der Waals surface area contributed by atoms with Crippen LogP contribution in [0, 0.1) is 52.3 Å². The Morgan fingerprint density at radius 3 is 2.47 bits per heavy atom. The second-order valence-electron chi connectivity index (χ2n) is 15.4. The van der Waals surface area contributed by atoms with Crippen LogP contribution in [0.5, 0.6) is 0 Å². The van der Waals surface area contributed by atoms with Gasteiger partial charge in [-0.25, -0.2) is 0 Å². The lowest BCUT2D eigenvalue weighted by Crippen LogP contribution is -2.55. The summed E-state index contributed by atoms with van der Waals surface area (Å²) in [6.07, 6.45) is 18.2. The maximum atomic E-state index is 12.5. The number of esters is 1. The van der Waals surface area contributed by atoms with Gasteiger partial charge < -0.3 is 14.2 Å². The Labute approximate surface area is 232 Å². The van der Waals surface area contributed by atoms with Gasteiger partial charge in [-0.3, -0.25) is 4.79 Å². The van der Waals surface area contributed by atoms with Crippen molar-refractivity contribution in [2.24, 2.45) is 52.3 Å². The molecule has 12 atom stereocenters. The van der Waals surface area contributed by atoms with Crippen molar-refractivity contribution in [3.63, 3.8) is 0 Å². The van der Waals surface area contributed by atoms with E-state index in [2.05, 4.69) is 34.6 Å². The summed E-state index contributed by atoms with van der Waals surface area (Å²) in [4.78, 5) is 12.5. The van der Waals surface area contributed by atoms with Gasteiger partial charge in [0.2, 0.25) is 0 Å². The minimum Gasteiger partial charge on any atom is -0.462 e. The molecular formula is C34H56O4. The van der Waals surface area contributed by atoms with Gasteiger partial charge in [0, 0.05) is 18.8 Å². The van der Waals surface area contributed by atoms with Crippen molar-refractivity contribution in [1.82, 2.24) is 0 Å². The first-order valence-corrected chi connectivity index (χ1v) is 16.7. The number of carbonyl (C=O) groups is 1. The van der Waals surface area contributed by atoms with Crippen LogP contribution in [0.3, 0.4) is 0 Å². The molecule has 4 aliphatic carbocycles. The molecule has 0 aromatic heterocycles. The third kappa shape index (κ3) is 4.41. The molecule has 0 amide bonds. The fraction of sp³-hybridized carbons (Fsp3) is 0.971. The lowest BCUT2D eigenvalue weighted by Gasteiger charge is -2.61. The van der Waals surface area contributed by atoms with Gasteiger partial charge in [0.1, 0.15) is 6.10 Å². The first-order chi connectivity index (χ1) is 18.2. The van der Waals surface area contributed by atoms with E-state index in [9.17, 15) is 4.79 Å². The number of hydrogen-bond donors (Lipinski definition) is 0. The van der Waals surface area contributed by atoms with E-state index < -0.39 is 0 Å². The Balaban J connectivity index is 1.10.